The molecule has 6 nitrogen and oxygen atoms in total. The fraction of sp³-hybridized carbons (Fsp3) is 0.400. The number of carbonyl (C=O) groups excluding carboxylic acids is 1. The van der Waals surface area contributed by atoms with Crippen molar-refractivity contribution in [2.75, 3.05) is 26.2 Å². The van der Waals surface area contributed by atoms with E-state index in [1.165, 1.54) is 18.6 Å². The number of amides is 1. The van der Waals surface area contributed by atoms with E-state index >= 15 is 0 Å². The van der Waals surface area contributed by atoms with Crippen LogP contribution in [0.1, 0.15) is 37.0 Å². The predicted molar refractivity (Wildman–Crippen MR) is 131 cm³/mol. The number of hydrogen-bond acceptors (Lipinski definition) is 4. The molecule has 2 atom stereocenters. The maximum Gasteiger partial charge on any atom is 0.266 e. The van der Waals surface area contributed by atoms with Crippen LogP contribution in [0.3, 0.4) is 0 Å². The van der Waals surface area contributed by atoms with Gasteiger partial charge in [-0.05, 0) is 73.8 Å². The summed E-state index contributed by atoms with van der Waals surface area (Å²) in [4.78, 5) is 31.1. The Morgan fingerprint density at radius 2 is 1.91 bits per heavy atom. The van der Waals surface area contributed by atoms with E-state index in [0.29, 0.717) is 23.0 Å². The summed E-state index contributed by atoms with van der Waals surface area (Å²) in [5.41, 5.74) is 0.540. The molecule has 0 bridgehead atoms. The maximum absolute atomic E-state index is 14.2. The van der Waals surface area contributed by atoms with Crippen LogP contribution < -0.4 is 10.9 Å². The first-order valence-electron chi connectivity index (χ1n) is 11.4. The number of benzene rings is 2. The molecule has 8 heteroatoms. The Morgan fingerprint density at radius 3 is 2.64 bits per heavy atom. The van der Waals surface area contributed by atoms with E-state index in [9.17, 15) is 14.0 Å². The first-order chi connectivity index (χ1) is 15.8. The van der Waals surface area contributed by atoms with E-state index in [1.807, 2.05) is 0 Å². The third-order valence-corrected chi connectivity index (χ3v) is 6.42. The Balaban J connectivity index is 1.45. The maximum atomic E-state index is 14.2. The fourth-order valence-corrected chi connectivity index (χ4v) is 5.08. The molecule has 0 saturated carbocycles. The minimum Gasteiger partial charge on any atom is -0.352 e. The van der Waals surface area contributed by atoms with Gasteiger partial charge in [0.1, 0.15) is 5.82 Å². The van der Waals surface area contributed by atoms with Gasteiger partial charge in [0.2, 0.25) is 0 Å². The van der Waals surface area contributed by atoms with Gasteiger partial charge in [-0.2, -0.15) is 0 Å². The van der Waals surface area contributed by atoms with Gasteiger partial charge < -0.3 is 15.2 Å². The summed E-state index contributed by atoms with van der Waals surface area (Å²) in [5, 5.41) is 3.29. The van der Waals surface area contributed by atoms with Crippen LogP contribution in [0.15, 0.2) is 47.3 Å². The molecule has 2 heterocycles. The molecule has 0 aliphatic carbocycles. The van der Waals surface area contributed by atoms with Crippen molar-refractivity contribution in [1.82, 2.24) is 19.8 Å². The Hall–Kier alpha value is -2.84. The van der Waals surface area contributed by atoms with Gasteiger partial charge in [-0.15, -0.1) is 0 Å². The summed E-state index contributed by atoms with van der Waals surface area (Å²) in [7, 11) is 0. The third kappa shape index (κ3) is 5.23. The molecule has 3 aromatic rings. The van der Waals surface area contributed by atoms with Gasteiger partial charge in [0.05, 0.1) is 16.6 Å². The summed E-state index contributed by atoms with van der Waals surface area (Å²) in [6.07, 6.45) is 2.16. The number of fused-ring (bicyclic) bond motifs is 1. The molecule has 174 valence electrons. The average Bonchev–Trinajstić information content (AvgIpc) is 2.77. The molecule has 2 unspecified atom stereocenters. The van der Waals surface area contributed by atoms with Gasteiger partial charge in [0.25, 0.3) is 11.5 Å². The van der Waals surface area contributed by atoms with E-state index < -0.39 is 11.4 Å². The third-order valence-electron chi connectivity index (χ3n) is 6.13. The second-order valence-electron chi connectivity index (χ2n) is 9.10. The Bertz CT molecular complexity index is 1280. The molecule has 4 rings (SSSR count). The number of nitrogens with zero attached hydrogens (tertiary/aromatic N) is 2. The van der Waals surface area contributed by atoms with Crippen LogP contribution in [0.25, 0.3) is 16.6 Å². The topological polar surface area (TPSA) is 70.1 Å². The molecule has 1 aliphatic rings. The predicted octanol–water partition coefficient (Wildman–Crippen LogP) is 4.29. The van der Waals surface area contributed by atoms with Crippen molar-refractivity contribution in [1.29, 1.82) is 0 Å². The van der Waals surface area contributed by atoms with E-state index in [4.69, 9.17) is 12.2 Å². The highest BCUT2D eigenvalue weighted by molar-refractivity contribution is 7.71. The molecule has 2 N–H and O–H groups in total. The summed E-state index contributed by atoms with van der Waals surface area (Å²) >= 11 is 5.32. The van der Waals surface area contributed by atoms with E-state index in [1.54, 1.807) is 30.3 Å². The van der Waals surface area contributed by atoms with Crippen LogP contribution in [0.4, 0.5) is 4.39 Å². The summed E-state index contributed by atoms with van der Waals surface area (Å²) in [6.45, 7) is 8.37. The number of H-pyrrole nitrogens is 1. The second-order valence-corrected chi connectivity index (χ2v) is 9.48. The second kappa shape index (κ2) is 9.97. The Kier molecular flexibility index (Phi) is 7.05. The molecular formula is C25H29FN4O2S. The summed E-state index contributed by atoms with van der Waals surface area (Å²) < 4.78 is 15.4. The van der Waals surface area contributed by atoms with Crippen molar-refractivity contribution in [3.8, 4) is 5.69 Å². The fourth-order valence-electron chi connectivity index (χ4n) is 4.79. The van der Waals surface area contributed by atoms with Crippen LogP contribution in [-0.4, -0.2) is 46.5 Å². The first kappa shape index (κ1) is 23.3. The van der Waals surface area contributed by atoms with Gasteiger partial charge in [-0.25, -0.2) is 8.96 Å². The van der Waals surface area contributed by atoms with Crippen molar-refractivity contribution in [3.63, 3.8) is 0 Å². The largest absolute Gasteiger partial charge is 0.352 e. The zero-order valence-corrected chi connectivity index (χ0v) is 19.8. The van der Waals surface area contributed by atoms with E-state index in [-0.39, 0.29) is 16.4 Å². The number of aromatic amines is 1. The molecular weight excluding hydrogens is 439 g/mol. The van der Waals surface area contributed by atoms with Crippen LogP contribution in [-0.2, 0) is 0 Å². The molecule has 33 heavy (non-hydrogen) atoms. The zero-order chi connectivity index (χ0) is 23.5. The number of nitrogens with one attached hydrogen (secondary N) is 2. The normalized spacial score (nSPS) is 19.0. The molecule has 1 saturated heterocycles. The molecule has 0 spiro atoms. The number of hydrogen-bond donors (Lipinski definition) is 2. The van der Waals surface area contributed by atoms with Crippen LogP contribution in [0, 0.1) is 22.4 Å². The lowest BCUT2D eigenvalue weighted by Gasteiger charge is -2.34. The summed E-state index contributed by atoms with van der Waals surface area (Å²) in [5.74, 6) is 0.696. The molecule has 0 radical (unpaired) electrons. The number of piperidine rings is 1. The smallest absolute Gasteiger partial charge is 0.266 e. The lowest BCUT2D eigenvalue weighted by atomic mass is 9.92. The average molecular weight is 469 g/mol. The molecule has 2 aromatic carbocycles. The Morgan fingerprint density at radius 1 is 1.18 bits per heavy atom. The molecule has 1 fully saturated rings. The van der Waals surface area contributed by atoms with Crippen LogP contribution in [0.5, 0.6) is 0 Å². The van der Waals surface area contributed by atoms with Crippen molar-refractivity contribution < 1.29 is 9.18 Å². The van der Waals surface area contributed by atoms with Crippen molar-refractivity contribution in [2.45, 2.75) is 26.7 Å². The van der Waals surface area contributed by atoms with Crippen molar-refractivity contribution in [3.05, 3.63) is 69.0 Å². The molecule has 1 amide bonds. The highest BCUT2D eigenvalue weighted by atomic mass is 32.1. The molecule has 1 aromatic heterocycles. The zero-order valence-electron chi connectivity index (χ0n) is 18.9. The van der Waals surface area contributed by atoms with Crippen LogP contribution in [0.2, 0.25) is 0 Å². The lowest BCUT2D eigenvalue weighted by Crippen LogP contribution is -2.40. The van der Waals surface area contributed by atoms with E-state index in [2.05, 4.69) is 29.0 Å². The van der Waals surface area contributed by atoms with Crippen molar-refractivity contribution in [2.24, 2.45) is 11.8 Å². The number of likely N-dealkylation sites (tertiary alicyclic amines) is 1. The quantitative estimate of drug-likeness (QED) is 0.418. The number of para-hydroxylation sites is 1. The van der Waals surface area contributed by atoms with Crippen LogP contribution >= 0.6 is 12.2 Å². The Labute approximate surface area is 197 Å². The number of aromatic nitrogens is 2. The van der Waals surface area contributed by atoms with Gasteiger partial charge in [0.15, 0.2) is 4.77 Å². The first-order valence-corrected chi connectivity index (χ1v) is 11.8. The summed E-state index contributed by atoms with van der Waals surface area (Å²) in [6, 6.07) is 10.8. The van der Waals surface area contributed by atoms with E-state index in [0.717, 1.165) is 42.5 Å². The highest BCUT2D eigenvalue weighted by Crippen LogP contribution is 2.21. The van der Waals surface area contributed by atoms with Gasteiger partial charge >= 0.3 is 0 Å². The number of rotatable bonds is 6. The van der Waals surface area contributed by atoms with Gasteiger partial charge in [-0.3, -0.25) is 9.59 Å². The minimum absolute atomic E-state index is 0.0696. The van der Waals surface area contributed by atoms with Crippen molar-refractivity contribution >= 4 is 29.0 Å². The number of halogens is 1. The minimum atomic E-state index is -0.539. The molecule has 1 aliphatic heterocycles. The standard InChI is InChI=1S/C25H29FN4O2S/c1-16-12-17(2)15-29(14-16)11-5-10-27-23(31)18-8-9-19-21(13-18)28-25(33)30(24(19)32)22-7-4-3-6-20(22)26/h3-4,6-9,13,16-17H,5,10-12,14-15H2,1-2H3,(H,27,31)(H,28,33). The SMILES string of the molecule is CC1CC(C)CN(CCCNC(=O)c2ccc3c(=O)n(-c4ccccc4F)c(=S)[nH]c3c2)C1. The number of carbonyl (C=O) groups is 1. The monoisotopic (exact) mass is 468 g/mol. The highest BCUT2D eigenvalue weighted by Gasteiger charge is 2.21. The van der Waals surface area contributed by atoms with Gasteiger partial charge in [0, 0.05) is 25.2 Å². The lowest BCUT2D eigenvalue weighted by molar-refractivity contribution is 0.0947. The van der Waals surface area contributed by atoms with Gasteiger partial charge in [-0.1, -0.05) is 26.0 Å².